The number of amidine groups is 1. The van der Waals surface area contributed by atoms with Crippen molar-refractivity contribution in [1.82, 2.24) is 4.90 Å². The lowest BCUT2D eigenvalue weighted by Gasteiger charge is -2.06. The number of amides is 1. The molecule has 0 radical (unpaired) electrons. The minimum absolute atomic E-state index is 0.0563. The van der Waals surface area contributed by atoms with Gasteiger partial charge in [0.25, 0.3) is 5.91 Å². The van der Waals surface area contributed by atoms with Crippen LogP contribution in [0.1, 0.15) is 4.88 Å². The molecular formula is C21H14Cl2N2OS2. The van der Waals surface area contributed by atoms with E-state index in [1.165, 1.54) is 11.8 Å². The van der Waals surface area contributed by atoms with E-state index >= 15 is 0 Å². The Hall–Kier alpha value is -2.05. The number of hydrogen-bond donors (Lipinski definition) is 0. The van der Waals surface area contributed by atoms with Crippen LogP contribution in [0.5, 0.6) is 0 Å². The quantitative estimate of drug-likeness (QED) is 0.409. The highest BCUT2D eigenvalue weighted by atomic mass is 35.5. The molecule has 1 aliphatic rings. The van der Waals surface area contributed by atoms with E-state index in [0.29, 0.717) is 20.1 Å². The van der Waals surface area contributed by atoms with E-state index in [4.69, 9.17) is 23.2 Å². The van der Waals surface area contributed by atoms with Crippen LogP contribution in [0.15, 0.2) is 70.6 Å². The van der Waals surface area contributed by atoms with Gasteiger partial charge in [0, 0.05) is 26.8 Å². The van der Waals surface area contributed by atoms with Crippen molar-refractivity contribution in [2.75, 3.05) is 7.05 Å². The van der Waals surface area contributed by atoms with Crippen LogP contribution >= 0.6 is 46.3 Å². The highest BCUT2D eigenvalue weighted by molar-refractivity contribution is 8.18. The number of benzene rings is 2. The second-order valence-electron chi connectivity index (χ2n) is 6.05. The third kappa shape index (κ3) is 4.18. The zero-order valence-electron chi connectivity index (χ0n) is 14.7. The number of nitrogens with zero attached hydrogens (tertiary/aromatic N) is 2. The van der Waals surface area contributed by atoms with Gasteiger partial charge in [0.1, 0.15) is 0 Å². The first kappa shape index (κ1) is 19.3. The van der Waals surface area contributed by atoms with Gasteiger partial charge in [0.15, 0.2) is 5.17 Å². The van der Waals surface area contributed by atoms with Crippen LogP contribution in [0.3, 0.4) is 0 Å². The van der Waals surface area contributed by atoms with Crippen molar-refractivity contribution in [3.8, 4) is 10.4 Å². The molecule has 2 heterocycles. The molecule has 28 heavy (non-hydrogen) atoms. The van der Waals surface area contributed by atoms with Crippen LogP contribution in [0.4, 0.5) is 5.69 Å². The monoisotopic (exact) mass is 444 g/mol. The van der Waals surface area contributed by atoms with Crippen LogP contribution in [0.25, 0.3) is 16.5 Å². The highest BCUT2D eigenvalue weighted by Gasteiger charge is 2.30. The van der Waals surface area contributed by atoms with Crippen LogP contribution in [0, 0.1) is 0 Å². The topological polar surface area (TPSA) is 32.7 Å². The molecule has 140 valence electrons. The molecule has 0 atom stereocenters. The van der Waals surface area contributed by atoms with Gasteiger partial charge in [-0.25, -0.2) is 4.99 Å². The number of hydrogen-bond acceptors (Lipinski definition) is 4. The molecular weight excluding hydrogens is 431 g/mol. The first-order valence-corrected chi connectivity index (χ1v) is 10.8. The fraction of sp³-hybridized carbons (Fsp3) is 0.0476. The third-order valence-electron chi connectivity index (χ3n) is 4.08. The van der Waals surface area contributed by atoms with Gasteiger partial charge in [0.2, 0.25) is 0 Å². The molecule has 1 aromatic heterocycles. The van der Waals surface area contributed by atoms with Crippen molar-refractivity contribution >= 4 is 69.1 Å². The molecule has 1 aliphatic heterocycles. The number of rotatable bonds is 3. The molecule has 0 saturated carbocycles. The molecule has 0 bridgehead atoms. The van der Waals surface area contributed by atoms with Gasteiger partial charge >= 0.3 is 0 Å². The molecule has 4 rings (SSSR count). The van der Waals surface area contributed by atoms with Gasteiger partial charge in [-0.2, -0.15) is 0 Å². The van der Waals surface area contributed by atoms with Crippen molar-refractivity contribution in [2.45, 2.75) is 0 Å². The first-order valence-electron chi connectivity index (χ1n) is 8.37. The zero-order chi connectivity index (χ0) is 19.7. The summed E-state index contributed by atoms with van der Waals surface area (Å²) < 4.78 is 0. The Labute approximate surface area is 181 Å². The van der Waals surface area contributed by atoms with Crippen molar-refractivity contribution in [1.29, 1.82) is 0 Å². The standard InChI is InChI=1S/C21H14Cl2N2OS2/c1-25-20(26)19(28-21(25)24-16-8-6-15(23)7-9-16)12-17-10-11-18(27-17)13-2-4-14(22)5-3-13/h2-12H,1H3. The largest absolute Gasteiger partial charge is 0.290 e. The van der Waals surface area contributed by atoms with Gasteiger partial charge in [-0.15, -0.1) is 11.3 Å². The minimum Gasteiger partial charge on any atom is -0.290 e. The molecule has 1 amide bonds. The van der Waals surface area contributed by atoms with E-state index in [-0.39, 0.29) is 5.91 Å². The van der Waals surface area contributed by atoms with Crippen molar-refractivity contribution in [2.24, 2.45) is 4.99 Å². The van der Waals surface area contributed by atoms with Gasteiger partial charge in [-0.05, 0) is 71.9 Å². The fourth-order valence-corrected chi connectivity index (χ4v) is 4.87. The van der Waals surface area contributed by atoms with Crippen LogP contribution in [-0.2, 0) is 4.79 Å². The average molecular weight is 445 g/mol. The molecule has 1 saturated heterocycles. The molecule has 2 aromatic carbocycles. The number of aliphatic imine (C=N–C) groups is 1. The Bertz CT molecular complexity index is 1090. The highest BCUT2D eigenvalue weighted by Crippen LogP contribution is 2.36. The average Bonchev–Trinajstić information content (AvgIpc) is 3.25. The maximum Gasteiger partial charge on any atom is 0.266 e. The zero-order valence-corrected chi connectivity index (χ0v) is 17.9. The van der Waals surface area contributed by atoms with E-state index in [1.807, 2.05) is 48.5 Å². The summed E-state index contributed by atoms with van der Waals surface area (Å²) in [5.41, 5.74) is 1.86. The minimum atomic E-state index is -0.0563. The van der Waals surface area contributed by atoms with Crippen molar-refractivity contribution in [3.63, 3.8) is 0 Å². The Balaban J connectivity index is 1.57. The fourth-order valence-electron chi connectivity index (χ4n) is 2.61. The smallest absolute Gasteiger partial charge is 0.266 e. The van der Waals surface area contributed by atoms with E-state index < -0.39 is 0 Å². The first-order chi connectivity index (χ1) is 13.5. The Morgan fingerprint density at radius 1 is 0.929 bits per heavy atom. The Kier molecular flexibility index (Phi) is 5.60. The normalized spacial score (nSPS) is 17.1. The van der Waals surface area contributed by atoms with Gasteiger partial charge in [-0.1, -0.05) is 35.3 Å². The summed E-state index contributed by atoms with van der Waals surface area (Å²) in [6.07, 6.45) is 1.91. The second-order valence-corrected chi connectivity index (χ2v) is 9.05. The summed E-state index contributed by atoms with van der Waals surface area (Å²) >= 11 is 14.9. The van der Waals surface area contributed by atoms with E-state index in [2.05, 4.69) is 11.1 Å². The summed E-state index contributed by atoms with van der Waals surface area (Å²) in [6, 6.07) is 19.0. The van der Waals surface area contributed by atoms with Crippen LogP contribution < -0.4 is 0 Å². The lowest BCUT2D eigenvalue weighted by Crippen LogP contribution is -2.23. The number of thioether (sulfide) groups is 1. The van der Waals surface area contributed by atoms with Crippen LogP contribution in [0.2, 0.25) is 10.0 Å². The number of likely N-dealkylation sites (N-methyl/N-ethyl adjacent to an activating group) is 1. The van der Waals surface area contributed by atoms with Gasteiger partial charge < -0.3 is 0 Å². The second kappa shape index (κ2) is 8.13. The lowest BCUT2D eigenvalue weighted by molar-refractivity contribution is -0.121. The molecule has 0 aliphatic carbocycles. The summed E-state index contributed by atoms with van der Waals surface area (Å²) in [5.74, 6) is -0.0563. The SMILES string of the molecule is CN1C(=O)C(=Cc2ccc(-c3ccc(Cl)cc3)s2)SC1=Nc1ccc(Cl)cc1. The number of halogens is 2. The van der Waals surface area contributed by atoms with Crippen LogP contribution in [-0.4, -0.2) is 23.0 Å². The molecule has 0 spiro atoms. The molecule has 3 nitrogen and oxygen atoms in total. The summed E-state index contributed by atoms with van der Waals surface area (Å²) in [5, 5.41) is 2.02. The van der Waals surface area contributed by atoms with Crippen molar-refractivity contribution < 1.29 is 4.79 Å². The van der Waals surface area contributed by atoms with Crippen molar-refractivity contribution in [3.05, 3.63) is 80.5 Å². The van der Waals surface area contributed by atoms with Gasteiger partial charge in [-0.3, -0.25) is 9.69 Å². The predicted octanol–water partition coefficient (Wildman–Crippen LogP) is 6.96. The molecule has 0 N–H and O–H groups in total. The lowest BCUT2D eigenvalue weighted by atomic mass is 10.2. The summed E-state index contributed by atoms with van der Waals surface area (Å²) in [7, 11) is 1.73. The van der Waals surface area contributed by atoms with E-state index in [0.717, 1.165) is 21.0 Å². The summed E-state index contributed by atoms with van der Waals surface area (Å²) in [4.78, 5) is 21.5. The van der Waals surface area contributed by atoms with E-state index in [1.54, 1.807) is 35.4 Å². The maximum atomic E-state index is 12.6. The molecule has 3 aromatic rings. The number of carbonyl (C=O) groups excluding carboxylic acids is 1. The maximum absolute atomic E-state index is 12.6. The molecule has 7 heteroatoms. The summed E-state index contributed by atoms with van der Waals surface area (Å²) in [6.45, 7) is 0. The predicted molar refractivity (Wildman–Crippen MR) is 122 cm³/mol. The third-order valence-corrected chi connectivity index (χ3v) is 6.73. The molecule has 1 fully saturated rings. The van der Waals surface area contributed by atoms with Gasteiger partial charge in [0.05, 0.1) is 10.6 Å². The number of carbonyl (C=O) groups is 1. The van der Waals surface area contributed by atoms with E-state index in [9.17, 15) is 4.79 Å². The Morgan fingerprint density at radius 2 is 1.57 bits per heavy atom. The number of thiophene rings is 1. The Morgan fingerprint density at radius 3 is 2.25 bits per heavy atom. The molecule has 0 unspecified atom stereocenters.